The van der Waals surface area contributed by atoms with Crippen molar-refractivity contribution in [2.24, 2.45) is 0 Å². The van der Waals surface area contributed by atoms with E-state index < -0.39 is 0 Å². The van der Waals surface area contributed by atoms with Gasteiger partial charge in [-0.05, 0) is 44.9 Å². The molecule has 1 amide bonds. The van der Waals surface area contributed by atoms with E-state index in [1.165, 1.54) is 17.7 Å². The molecule has 0 radical (unpaired) electrons. The second-order valence-corrected chi connectivity index (χ2v) is 7.91. The second-order valence-electron chi connectivity index (χ2n) is 6.62. The zero-order valence-corrected chi connectivity index (χ0v) is 15.4. The van der Waals surface area contributed by atoms with Crippen molar-refractivity contribution in [1.29, 1.82) is 0 Å². The number of hydrogen-bond acceptors (Lipinski definition) is 5. The van der Waals surface area contributed by atoms with Crippen LogP contribution in [0.1, 0.15) is 46.6 Å². The van der Waals surface area contributed by atoms with E-state index in [-0.39, 0.29) is 5.91 Å². The average Bonchev–Trinajstić information content (AvgIpc) is 3.10. The van der Waals surface area contributed by atoms with Crippen molar-refractivity contribution in [3.8, 4) is 10.6 Å². The minimum absolute atomic E-state index is 0.0649. The van der Waals surface area contributed by atoms with Gasteiger partial charge in [0.25, 0.3) is 11.6 Å². The van der Waals surface area contributed by atoms with Gasteiger partial charge >= 0.3 is 0 Å². The Morgan fingerprint density at radius 3 is 2.60 bits per heavy atom. The first-order chi connectivity index (χ1) is 12.1. The van der Waals surface area contributed by atoms with Crippen molar-refractivity contribution < 1.29 is 9.32 Å². The van der Waals surface area contributed by atoms with Crippen LogP contribution >= 0.6 is 11.3 Å². The number of nitrogens with zero attached hydrogens (tertiary/aromatic N) is 3. The summed E-state index contributed by atoms with van der Waals surface area (Å²) in [6, 6.07) is 6.01. The molecule has 3 aromatic rings. The Balaban J connectivity index is 1.82. The molecule has 1 aliphatic rings. The summed E-state index contributed by atoms with van der Waals surface area (Å²) in [7, 11) is 0. The molecule has 3 aromatic heterocycles. The molecule has 4 rings (SSSR count). The highest BCUT2D eigenvalue weighted by Crippen LogP contribution is 2.31. The van der Waals surface area contributed by atoms with E-state index in [2.05, 4.69) is 23.1 Å². The van der Waals surface area contributed by atoms with E-state index in [1.54, 1.807) is 11.3 Å². The number of hydrogen-bond donors (Lipinski definition) is 0. The van der Waals surface area contributed by atoms with Crippen LogP contribution in [-0.4, -0.2) is 34.0 Å². The standard InChI is InChI=1S/C19H21N3O2S/c1-12-7-8-16(25-12)15-11-14(17-13(2)21-24-18(17)20-15)19(23)22-9-5-3-4-6-10-22/h7-8,11H,3-6,9-10H2,1-2H3. The fourth-order valence-corrected chi connectivity index (χ4v) is 4.23. The number of aryl methyl sites for hydroxylation is 2. The van der Waals surface area contributed by atoms with Crippen LogP contribution in [0.2, 0.25) is 0 Å². The number of carbonyl (C=O) groups is 1. The van der Waals surface area contributed by atoms with Gasteiger partial charge in [-0.2, -0.15) is 0 Å². The molecule has 0 aliphatic carbocycles. The molecule has 5 nitrogen and oxygen atoms in total. The minimum atomic E-state index is 0.0649. The SMILES string of the molecule is Cc1ccc(-c2cc(C(=O)N3CCCCCC3)c3c(C)noc3n2)s1. The quantitative estimate of drug-likeness (QED) is 0.675. The second kappa shape index (κ2) is 6.59. The van der Waals surface area contributed by atoms with Crippen molar-refractivity contribution in [3.05, 3.63) is 34.3 Å². The summed E-state index contributed by atoms with van der Waals surface area (Å²) in [5.74, 6) is 0.0649. The summed E-state index contributed by atoms with van der Waals surface area (Å²) in [6.45, 7) is 5.57. The topological polar surface area (TPSA) is 59.2 Å². The van der Waals surface area contributed by atoms with Crippen molar-refractivity contribution in [2.75, 3.05) is 13.1 Å². The lowest BCUT2D eigenvalue weighted by molar-refractivity contribution is 0.0763. The highest BCUT2D eigenvalue weighted by molar-refractivity contribution is 7.15. The smallest absolute Gasteiger partial charge is 0.259 e. The van der Waals surface area contributed by atoms with Gasteiger partial charge in [-0.15, -0.1) is 11.3 Å². The Morgan fingerprint density at radius 2 is 1.92 bits per heavy atom. The molecule has 0 spiro atoms. The predicted molar refractivity (Wildman–Crippen MR) is 99.0 cm³/mol. The lowest BCUT2D eigenvalue weighted by Gasteiger charge is -2.20. The van der Waals surface area contributed by atoms with Crippen molar-refractivity contribution in [3.63, 3.8) is 0 Å². The van der Waals surface area contributed by atoms with Crippen LogP contribution < -0.4 is 0 Å². The van der Waals surface area contributed by atoms with Gasteiger partial charge in [-0.3, -0.25) is 4.79 Å². The highest BCUT2D eigenvalue weighted by Gasteiger charge is 2.24. The molecule has 4 heterocycles. The molecule has 130 valence electrons. The van der Waals surface area contributed by atoms with Gasteiger partial charge in [0.1, 0.15) is 0 Å². The molecule has 0 saturated carbocycles. The fourth-order valence-electron chi connectivity index (χ4n) is 3.41. The summed E-state index contributed by atoms with van der Waals surface area (Å²) < 4.78 is 5.39. The third kappa shape index (κ3) is 3.06. The maximum atomic E-state index is 13.2. The van der Waals surface area contributed by atoms with Crippen molar-refractivity contribution in [2.45, 2.75) is 39.5 Å². The normalized spacial score (nSPS) is 15.5. The zero-order valence-electron chi connectivity index (χ0n) is 14.5. The number of likely N-dealkylation sites (tertiary alicyclic amines) is 1. The number of fused-ring (bicyclic) bond motifs is 1. The number of aromatic nitrogens is 2. The lowest BCUT2D eigenvalue weighted by atomic mass is 10.1. The fraction of sp³-hybridized carbons (Fsp3) is 0.421. The Labute approximate surface area is 150 Å². The van der Waals surface area contributed by atoms with Gasteiger partial charge in [-0.1, -0.05) is 18.0 Å². The predicted octanol–water partition coefficient (Wildman–Crippen LogP) is 4.58. The molecule has 0 atom stereocenters. The number of amides is 1. The highest BCUT2D eigenvalue weighted by atomic mass is 32.1. The molecular formula is C19H21N3O2S. The summed E-state index contributed by atoms with van der Waals surface area (Å²) in [6.07, 6.45) is 4.53. The zero-order chi connectivity index (χ0) is 17.4. The van der Waals surface area contributed by atoms with Crippen LogP contribution in [0.3, 0.4) is 0 Å². The van der Waals surface area contributed by atoms with E-state index >= 15 is 0 Å². The van der Waals surface area contributed by atoms with Gasteiger partial charge in [0.2, 0.25) is 0 Å². The van der Waals surface area contributed by atoms with Crippen molar-refractivity contribution >= 4 is 28.3 Å². The molecule has 6 heteroatoms. The number of pyridine rings is 1. The Hall–Kier alpha value is -2.21. The largest absolute Gasteiger partial charge is 0.339 e. The first-order valence-electron chi connectivity index (χ1n) is 8.76. The molecule has 25 heavy (non-hydrogen) atoms. The summed E-state index contributed by atoms with van der Waals surface area (Å²) in [5, 5.41) is 4.78. The van der Waals surface area contributed by atoms with Crippen LogP contribution in [-0.2, 0) is 0 Å². The Morgan fingerprint density at radius 1 is 1.16 bits per heavy atom. The van der Waals surface area contributed by atoms with E-state index in [9.17, 15) is 4.79 Å². The molecule has 1 fully saturated rings. The number of rotatable bonds is 2. The molecule has 0 aromatic carbocycles. The maximum absolute atomic E-state index is 13.2. The molecular weight excluding hydrogens is 334 g/mol. The molecule has 0 bridgehead atoms. The van der Waals surface area contributed by atoms with Crippen LogP contribution in [0.5, 0.6) is 0 Å². The summed E-state index contributed by atoms with van der Waals surface area (Å²) in [5.41, 5.74) is 2.60. The lowest BCUT2D eigenvalue weighted by Crippen LogP contribution is -2.32. The van der Waals surface area contributed by atoms with Crippen LogP contribution in [0.25, 0.3) is 21.7 Å². The van der Waals surface area contributed by atoms with Gasteiger partial charge in [0, 0.05) is 18.0 Å². The van der Waals surface area contributed by atoms with Crippen LogP contribution in [0.15, 0.2) is 22.7 Å². The Kier molecular flexibility index (Phi) is 4.29. The van der Waals surface area contributed by atoms with E-state index in [0.29, 0.717) is 11.3 Å². The maximum Gasteiger partial charge on any atom is 0.259 e. The molecule has 0 unspecified atom stereocenters. The first-order valence-corrected chi connectivity index (χ1v) is 9.58. The summed E-state index contributed by atoms with van der Waals surface area (Å²) in [4.78, 5) is 22.1. The van der Waals surface area contributed by atoms with Gasteiger partial charge in [-0.25, -0.2) is 4.98 Å². The van der Waals surface area contributed by atoms with E-state index in [4.69, 9.17) is 4.52 Å². The minimum Gasteiger partial charge on any atom is -0.339 e. The summed E-state index contributed by atoms with van der Waals surface area (Å²) >= 11 is 1.67. The van der Waals surface area contributed by atoms with Gasteiger partial charge in [0.15, 0.2) is 0 Å². The third-order valence-corrected chi connectivity index (χ3v) is 5.76. The van der Waals surface area contributed by atoms with Gasteiger partial charge in [0.05, 0.1) is 27.2 Å². The average molecular weight is 355 g/mol. The number of thiophene rings is 1. The van der Waals surface area contributed by atoms with Gasteiger partial charge < -0.3 is 9.42 Å². The van der Waals surface area contributed by atoms with Crippen LogP contribution in [0, 0.1) is 13.8 Å². The van der Waals surface area contributed by atoms with E-state index in [1.807, 2.05) is 24.0 Å². The monoisotopic (exact) mass is 355 g/mol. The van der Waals surface area contributed by atoms with Crippen LogP contribution in [0.4, 0.5) is 0 Å². The first kappa shape index (κ1) is 16.3. The third-order valence-electron chi connectivity index (χ3n) is 4.73. The van der Waals surface area contributed by atoms with E-state index in [0.717, 1.165) is 47.6 Å². The molecule has 1 aliphatic heterocycles. The molecule has 1 saturated heterocycles. The molecule has 0 N–H and O–H groups in total. The van der Waals surface area contributed by atoms with Crippen molar-refractivity contribution in [1.82, 2.24) is 15.0 Å². The Bertz CT molecular complexity index is 920. The number of carbonyl (C=O) groups excluding carboxylic acids is 1.